The van der Waals surface area contributed by atoms with E-state index in [1.54, 1.807) is 18.0 Å². The summed E-state index contributed by atoms with van der Waals surface area (Å²) in [6.45, 7) is 3.90. The van der Waals surface area contributed by atoms with E-state index in [0.29, 0.717) is 17.1 Å². The smallest absolute Gasteiger partial charge is 0.249 e. The highest BCUT2D eigenvalue weighted by Gasteiger charge is 2.33. The Kier molecular flexibility index (Phi) is 4.80. The van der Waals surface area contributed by atoms with Gasteiger partial charge >= 0.3 is 0 Å². The molecule has 7 heteroatoms. The fourth-order valence-corrected chi connectivity index (χ4v) is 3.52. The van der Waals surface area contributed by atoms with Crippen LogP contribution in [-0.2, 0) is 9.59 Å². The maximum atomic E-state index is 13.0. The van der Waals surface area contributed by atoms with E-state index in [1.165, 1.54) is 0 Å². The van der Waals surface area contributed by atoms with Crippen LogP contribution in [0.15, 0.2) is 48.7 Å². The molecule has 2 N–H and O–H groups in total. The van der Waals surface area contributed by atoms with Crippen molar-refractivity contribution < 1.29 is 14.3 Å². The van der Waals surface area contributed by atoms with Gasteiger partial charge in [0.25, 0.3) is 0 Å². The number of rotatable bonds is 4. The van der Waals surface area contributed by atoms with Crippen LogP contribution in [0.4, 0.5) is 11.5 Å². The summed E-state index contributed by atoms with van der Waals surface area (Å²) in [4.78, 5) is 25.4. The highest BCUT2D eigenvalue weighted by atomic mass is 16.5. The van der Waals surface area contributed by atoms with Gasteiger partial charge in [-0.25, -0.2) is 4.68 Å². The average molecular weight is 390 g/mol. The average Bonchev–Trinajstić information content (AvgIpc) is 3.13. The van der Waals surface area contributed by atoms with E-state index in [9.17, 15) is 9.59 Å². The molecule has 0 saturated carbocycles. The van der Waals surface area contributed by atoms with E-state index in [-0.39, 0.29) is 18.2 Å². The number of ether oxygens (including phenoxy) is 1. The molecular weight excluding hydrogens is 368 g/mol. The summed E-state index contributed by atoms with van der Waals surface area (Å²) in [6.07, 6.45) is 1.67. The fraction of sp³-hybridized carbons (Fsp3) is 0.227. The lowest BCUT2D eigenvalue weighted by Crippen LogP contribution is -2.36. The lowest BCUT2D eigenvalue weighted by molar-refractivity contribution is -0.125. The molecule has 3 aromatic rings. The van der Waals surface area contributed by atoms with Crippen LogP contribution >= 0.6 is 0 Å². The second-order valence-corrected chi connectivity index (χ2v) is 7.13. The van der Waals surface area contributed by atoms with Gasteiger partial charge in [-0.3, -0.25) is 9.59 Å². The number of hydrogen-bond donors (Lipinski definition) is 2. The molecule has 0 unspecified atom stereocenters. The molecule has 7 nitrogen and oxygen atoms in total. The summed E-state index contributed by atoms with van der Waals surface area (Å²) in [5, 5.41) is 10.2. The zero-order valence-corrected chi connectivity index (χ0v) is 16.5. The quantitative estimate of drug-likeness (QED) is 0.711. The van der Waals surface area contributed by atoms with Gasteiger partial charge in [-0.2, -0.15) is 5.10 Å². The molecule has 29 heavy (non-hydrogen) atoms. The predicted molar refractivity (Wildman–Crippen MR) is 111 cm³/mol. The molecule has 1 aliphatic heterocycles. The van der Waals surface area contributed by atoms with Crippen molar-refractivity contribution in [1.29, 1.82) is 0 Å². The van der Waals surface area contributed by atoms with Crippen molar-refractivity contribution in [3.8, 4) is 16.9 Å². The third kappa shape index (κ3) is 3.47. The lowest BCUT2D eigenvalue weighted by atomic mass is 10.0. The SMILES string of the molecule is COc1ccccc1-c1cnn2c1NC(=O)C[C@@H]2C(=O)Nc1cc(C)ccc1C. The lowest BCUT2D eigenvalue weighted by Gasteiger charge is -2.25. The molecule has 2 heterocycles. The van der Waals surface area contributed by atoms with E-state index < -0.39 is 6.04 Å². The Labute approximate surface area is 168 Å². The summed E-state index contributed by atoms with van der Waals surface area (Å²) >= 11 is 0. The zero-order valence-electron chi connectivity index (χ0n) is 16.5. The molecule has 2 amide bonds. The summed E-state index contributed by atoms with van der Waals surface area (Å²) in [6, 6.07) is 12.6. The van der Waals surface area contributed by atoms with Gasteiger partial charge in [-0.05, 0) is 37.1 Å². The highest BCUT2D eigenvalue weighted by molar-refractivity contribution is 6.03. The van der Waals surface area contributed by atoms with Crippen molar-refractivity contribution in [1.82, 2.24) is 9.78 Å². The minimum atomic E-state index is -0.734. The maximum Gasteiger partial charge on any atom is 0.249 e. The maximum absolute atomic E-state index is 13.0. The third-order valence-electron chi connectivity index (χ3n) is 5.08. The van der Waals surface area contributed by atoms with Crippen molar-refractivity contribution in [2.75, 3.05) is 17.7 Å². The van der Waals surface area contributed by atoms with Gasteiger partial charge < -0.3 is 15.4 Å². The first-order chi connectivity index (χ1) is 14.0. The van der Waals surface area contributed by atoms with Gasteiger partial charge in [0.15, 0.2) is 0 Å². The number of nitrogens with zero attached hydrogens (tertiary/aromatic N) is 2. The van der Waals surface area contributed by atoms with Crippen molar-refractivity contribution in [2.45, 2.75) is 26.3 Å². The molecule has 0 bridgehead atoms. The molecular formula is C22H22N4O3. The number of fused-ring (bicyclic) bond motifs is 1. The summed E-state index contributed by atoms with van der Waals surface area (Å²) in [5.74, 6) is 0.658. The molecule has 0 spiro atoms. The Bertz CT molecular complexity index is 1100. The van der Waals surface area contributed by atoms with Crippen LogP contribution in [0, 0.1) is 13.8 Å². The highest BCUT2D eigenvalue weighted by Crippen LogP contribution is 2.38. The van der Waals surface area contributed by atoms with E-state index in [1.807, 2.05) is 56.3 Å². The number of carbonyl (C=O) groups is 2. The van der Waals surface area contributed by atoms with E-state index in [0.717, 1.165) is 22.4 Å². The number of aryl methyl sites for hydroxylation is 2. The molecule has 0 aliphatic carbocycles. The normalized spacial score (nSPS) is 15.4. The van der Waals surface area contributed by atoms with Crippen LogP contribution in [0.2, 0.25) is 0 Å². The number of para-hydroxylation sites is 1. The van der Waals surface area contributed by atoms with E-state index >= 15 is 0 Å². The summed E-state index contributed by atoms with van der Waals surface area (Å²) in [7, 11) is 1.59. The number of nitrogens with one attached hydrogen (secondary N) is 2. The molecule has 0 fully saturated rings. The Balaban J connectivity index is 1.70. The third-order valence-corrected chi connectivity index (χ3v) is 5.08. The van der Waals surface area contributed by atoms with Crippen molar-refractivity contribution in [3.63, 3.8) is 0 Å². The second kappa shape index (κ2) is 7.43. The number of anilines is 2. The van der Waals surface area contributed by atoms with Gasteiger partial charge in [0.1, 0.15) is 17.6 Å². The standard InChI is InChI=1S/C22H22N4O3/c1-13-8-9-14(2)17(10-13)24-22(28)18-11-20(27)25-21-16(12-23-26(18)21)15-6-4-5-7-19(15)29-3/h4-10,12,18H,11H2,1-3H3,(H,24,28)(H,25,27)/t18-/m1/s1. The first-order valence-electron chi connectivity index (χ1n) is 9.37. The number of amides is 2. The van der Waals surface area contributed by atoms with Gasteiger partial charge in [0, 0.05) is 16.8 Å². The minimum Gasteiger partial charge on any atom is -0.496 e. The van der Waals surface area contributed by atoms with Crippen molar-refractivity contribution in [2.24, 2.45) is 0 Å². The molecule has 0 saturated heterocycles. The number of methoxy groups -OCH3 is 1. The van der Waals surface area contributed by atoms with E-state index in [2.05, 4.69) is 15.7 Å². The Hall–Kier alpha value is -3.61. The van der Waals surface area contributed by atoms with Crippen LogP contribution in [0.1, 0.15) is 23.6 Å². The number of benzene rings is 2. The van der Waals surface area contributed by atoms with Crippen LogP contribution in [0.3, 0.4) is 0 Å². The van der Waals surface area contributed by atoms with Crippen LogP contribution in [0.5, 0.6) is 5.75 Å². The second-order valence-electron chi connectivity index (χ2n) is 7.13. The number of carbonyl (C=O) groups excluding carboxylic acids is 2. The zero-order chi connectivity index (χ0) is 20.5. The van der Waals surface area contributed by atoms with E-state index in [4.69, 9.17) is 4.74 Å². The summed E-state index contributed by atoms with van der Waals surface area (Å²) in [5.41, 5.74) is 4.25. The largest absolute Gasteiger partial charge is 0.496 e. The molecule has 4 rings (SSSR count). The predicted octanol–water partition coefficient (Wildman–Crippen LogP) is 3.70. The molecule has 1 aromatic heterocycles. The Morgan fingerprint density at radius 2 is 2.00 bits per heavy atom. The molecule has 1 atom stereocenters. The van der Waals surface area contributed by atoms with Crippen molar-refractivity contribution >= 4 is 23.3 Å². The van der Waals surface area contributed by atoms with Crippen LogP contribution in [-0.4, -0.2) is 28.7 Å². The minimum absolute atomic E-state index is 0.0245. The van der Waals surface area contributed by atoms with Gasteiger partial charge in [-0.15, -0.1) is 0 Å². The Morgan fingerprint density at radius 3 is 2.79 bits per heavy atom. The first kappa shape index (κ1) is 18.7. The summed E-state index contributed by atoms with van der Waals surface area (Å²) < 4.78 is 7.01. The Morgan fingerprint density at radius 1 is 1.21 bits per heavy atom. The fourth-order valence-electron chi connectivity index (χ4n) is 3.52. The van der Waals surface area contributed by atoms with Gasteiger partial charge in [-0.1, -0.05) is 30.3 Å². The topological polar surface area (TPSA) is 85.2 Å². The van der Waals surface area contributed by atoms with Gasteiger partial charge in [0.2, 0.25) is 11.8 Å². The molecule has 0 radical (unpaired) electrons. The van der Waals surface area contributed by atoms with Crippen LogP contribution < -0.4 is 15.4 Å². The van der Waals surface area contributed by atoms with Crippen molar-refractivity contribution in [3.05, 3.63) is 59.8 Å². The first-order valence-corrected chi connectivity index (χ1v) is 9.37. The number of hydrogen-bond acceptors (Lipinski definition) is 4. The van der Waals surface area contributed by atoms with Crippen LogP contribution in [0.25, 0.3) is 11.1 Å². The van der Waals surface area contributed by atoms with Gasteiger partial charge in [0.05, 0.1) is 19.7 Å². The molecule has 2 aromatic carbocycles. The molecule has 1 aliphatic rings. The monoisotopic (exact) mass is 390 g/mol. The molecule has 148 valence electrons. The number of aromatic nitrogens is 2.